The quantitative estimate of drug-likeness (QED) is 0.475. The molecule has 0 aliphatic heterocycles. The predicted octanol–water partition coefficient (Wildman–Crippen LogP) is 2.39. The summed E-state index contributed by atoms with van der Waals surface area (Å²) in [6, 6.07) is 0. The lowest BCUT2D eigenvalue weighted by atomic mass is 10.3. The van der Waals surface area contributed by atoms with Gasteiger partial charge in [0, 0.05) is 0 Å². The maximum atomic E-state index is 3.55. The van der Waals surface area contributed by atoms with Gasteiger partial charge in [-0.05, 0) is 6.42 Å². The number of halogens is 1. The third kappa shape index (κ3) is 8.98. The molecule has 0 heterocycles. The van der Waals surface area contributed by atoms with Gasteiger partial charge in [0.25, 0.3) is 0 Å². The Bertz CT molecular complexity index is 25.1. The second-order valence-electron chi connectivity index (χ2n) is 1.08. The molecule has 0 aliphatic carbocycles. The van der Waals surface area contributed by atoms with Crippen LogP contribution in [0.25, 0.3) is 0 Å². The van der Waals surface area contributed by atoms with Gasteiger partial charge < -0.3 is 0 Å². The first kappa shape index (κ1) is 9.39. The molecule has 0 rings (SSSR count). The Morgan fingerprint density at radius 2 is 2.17 bits per heavy atom. The van der Waals surface area contributed by atoms with Crippen LogP contribution in [-0.4, -0.2) is 0 Å². The van der Waals surface area contributed by atoms with E-state index in [1.54, 1.807) is 0 Å². The summed E-state index contributed by atoms with van der Waals surface area (Å²) < 4.78 is 0. The van der Waals surface area contributed by atoms with Crippen molar-refractivity contribution in [3.63, 3.8) is 0 Å². The highest BCUT2D eigenvalue weighted by atomic mass is 35.5. The van der Waals surface area contributed by atoms with E-state index in [1.165, 1.54) is 6.42 Å². The zero-order chi connectivity index (χ0) is 4.12. The number of hydrogen-bond acceptors (Lipinski definition) is 0. The molecule has 0 atom stereocenters. The van der Waals surface area contributed by atoms with Gasteiger partial charge in [-0.15, -0.1) is 19.0 Å². The Balaban J connectivity index is 0. The molecule has 0 N–H and O–H groups in total. The molecule has 0 aromatic heterocycles. The van der Waals surface area contributed by atoms with E-state index < -0.39 is 0 Å². The van der Waals surface area contributed by atoms with Crippen molar-refractivity contribution in [2.75, 3.05) is 0 Å². The minimum absolute atomic E-state index is 0. The minimum Gasteiger partial charge on any atom is -0.147 e. The summed E-state index contributed by atoms with van der Waals surface area (Å²) in [5.41, 5.74) is 0. The third-order valence-electron chi connectivity index (χ3n) is 0.493. The second kappa shape index (κ2) is 8.90. The average Bonchev–Trinajstić information content (AvgIpc) is 1.41. The Kier molecular flexibility index (Phi) is 13.9. The van der Waals surface area contributed by atoms with Crippen LogP contribution in [-0.2, 0) is 0 Å². The van der Waals surface area contributed by atoms with Crippen LogP contribution < -0.4 is 0 Å². The maximum Gasteiger partial charge on any atom is -0.0356 e. The topological polar surface area (TPSA) is 0 Å². The van der Waals surface area contributed by atoms with Gasteiger partial charge in [0.2, 0.25) is 0 Å². The van der Waals surface area contributed by atoms with Crippen molar-refractivity contribution in [1.29, 1.82) is 0 Å². The van der Waals surface area contributed by atoms with Crippen LogP contribution in [0.4, 0.5) is 0 Å². The molecule has 6 heavy (non-hydrogen) atoms. The summed E-state index contributed by atoms with van der Waals surface area (Å²) in [6.07, 6.45) is 4.31. The summed E-state index contributed by atoms with van der Waals surface area (Å²) in [4.78, 5) is 0. The summed E-state index contributed by atoms with van der Waals surface area (Å²) in [5.74, 6) is 0. The monoisotopic (exact) mass is 106 g/mol. The van der Waals surface area contributed by atoms with Crippen LogP contribution in [0.15, 0.2) is 12.7 Å². The molecule has 0 radical (unpaired) electrons. The molecule has 38 valence electrons. The van der Waals surface area contributed by atoms with Crippen molar-refractivity contribution >= 4 is 12.4 Å². The van der Waals surface area contributed by atoms with E-state index in [0.717, 1.165) is 6.42 Å². The number of unbranched alkanes of at least 4 members (excludes halogenated alkanes) is 1. The van der Waals surface area contributed by atoms with Crippen LogP contribution >= 0.6 is 12.4 Å². The molecule has 0 saturated carbocycles. The van der Waals surface area contributed by atoms with E-state index >= 15 is 0 Å². The Morgan fingerprint density at radius 3 is 2.17 bits per heavy atom. The largest absolute Gasteiger partial charge is 0.147 e. The van der Waals surface area contributed by atoms with Crippen LogP contribution in [0.1, 0.15) is 19.8 Å². The van der Waals surface area contributed by atoms with Crippen LogP contribution in [0, 0.1) is 0 Å². The average molecular weight is 107 g/mol. The molecule has 0 saturated heterocycles. The van der Waals surface area contributed by atoms with E-state index in [2.05, 4.69) is 13.5 Å². The van der Waals surface area contributed by atoms with Crippen LogP contribution in [0.2, 0.25) is 0 Å². The fraction of sp³-hybridized carbons (Fsp3) is 0.600. The first-order valence-corrected chi connectivity index (χ1v) is 2.02. The first-order chi connectivity index (χ1) is 2.41. The van der Waals surface area contributed by atoms with E-state index in [1.807, 2.05) is 6.08 Å². The lowest BCUT2D eigenvalue weighted by Crippen LogP contribution is -1.52. The fourth-order valence-electron chi connectivity index (χ4n) is 0.204. The molecular formula is C5H11Cl. The van der Waals surface area contributed by atoms with Crippen molar-refractivity contribution < 1.29 is 0 Å². The van der Waals surface area contributed by atoms with Gasteiger partial charge >= 0.3 is 0 Å². The molecule has 0 aliphatic rings. The Morgan fingerprint density at radius 1 is 1.67 bits per heavy atom. The summed E-state index contributed by atoms with van der Waals surface area (Å²) >= 11 is 0. The van der Waals surface area contributed by atoms with E-state index in [4.69, 9.17) is 0 Å². The van der Waals surface area contributed by atoms with Crippen LogP contribution in [0.5, 0.6) is 0 Å². The molecule has 0 fully saturated rings. The standard InChI is InChI=1S/C5H10.ClH/c1-3-5-4-2;/h3H,1,4-5H2,2H3;1H. The molecule has 0 aromatic rings. The molecule has 0 nitrogen and oxygen atoms in total. The summed E-state index contributed by atoms with van der Waals surface area (Å²) in [6.45, 7) is 5.69. The van der Waals surface area contributed by atoms with Gasteiger partial charge in [-0.2, -0.15) is 0 Å². The van der Waals surface area contributed by atoms with Gasteiger partial charge in [-0.3, -0.25) is 0 Å². The maximum absolute atomic E-state index is 3.55. The first-order valence-electron chi connectivity index (χ1n) is 2.02. The second-order valence-corrected chi connectivity index (χ2v) is 1.08. The lowest BCUT2D eigenvalue weighted by molar-refractivity contribution is 0.961. The van der Waals surface area contributed by atoms with Crippen molar-refractivity contribution in [3.8, 4) is 0 Å². The molecule has 0 spiro atoms. The van der Waals surface area contributed by atoms with Crippen molar-refractivity contribution in [1.82, 2.24) is 0 Å². The normalized spacial score (nSPS) is 6.17. The van der Waals surface area contributed by atoms with Gasteiger partial charge in [0.05, 0.1) is 0 Å². The minimum atomic E-state index is 0. The smallest absolute Gasteiger partial charge is 0.0356 e. The molecular weight excluding hydrogens is 95.5 g/mol. The van der Waals surface area contributed by atoms with E-state index in [9.17, 15) is 0 Å². The molecule has 0 amide bonds. The highest BCUT2D eigenvalue weighted by Crippen LogP contribution is 1.82. The Hall–Kier alpha value is 0.0300. The van der Waals surface area contributed by atoms with Gasteiger partial charge in [0.1, 0.15) is 0 Å². The van der Waals surface area contributed by atoms with Gasteiger partial charge in [-0.25, -0.2) is 0 Å². The number of allylic oxidation sites excluding steroid dienone is 1. The highest BCUT2D eigenvalue weighted by Gasteiger charge is 1.61. The zero-order valence-electron chi connectivity index (χ0n) is 4.11. The molecule has 0 bridgehead atoms. The van der Waals surface area contributed by atoms with Gasteiger partial charge in [0.15, 0.2) is 0 Å². The van der Waals surface area contributed by atoms with Crippen molar-refractivity contribution in [2.24, 2.45) is 0 Å². The lowest BCUT2D eigenvalue weighted by Gasteiger charge is -1.72. The fourth-order valence-corrected chi connectivity index (χ4v) is 0.204. The Labute approximate surface area is 45.7 Å². The number of rotatable bonds is 2. The van der Waals surface area contributed by atoms with E-state index in [0.29, 0.717) is 0 Å². The third-order valence-corrected chi connectivity index (χ3v) is 0.493. The van der Waals surface area contributed by atoms with E-state index in [-0.39, 0.29) is 12.4 Å². The predicted molar refractivity (Wildman–Crippen MR) is 32.4 cm³/mol. The van der Waals surface area contributed by atoms with Crippen LogP contribution in [0.3, 0.4) is 0 Å². The summed E-state index contributed by atoms with van der Waals surface area (Å²) in [5, 5.41) is 0. The van der Waals surface area contributed by atoms with Crippen molar-refractivity contribution in [2.45, 2.75) is 19.8 Å². The summed E-state index contributed by atoms with van der Waals surface area (Å²) in [7, 11) is 0. The molecule has 1 heteroatoms. The molecule has 0 aromatic carbocycles. The zero-order valence-corrected chi connectivity index (χ0v) is 4.92. The molecule has 0 unspecified atom stereocenters. The van der Waals surface area contributed by atoms with Crippen molar-refractivity contribution in [3.05, 3.63) is 12.7 Å². The highest BCUT2D eigenvalue weighted by molar-refractivity contribution is 5.85. The SMILES string of the molecule is C=CCCC.Cl. The number of hydrogen-bond donors (Lipinski definition) is 0. The van der Waals surface area contributed by atoms with Gasteiger partial charge in [-0.1, -0.05) is 19.4 Å².